The normalized spacial score (nSPS) is 10.7. The fourth-order valence-electron chi connectivity index (χ4n) is 1.49. The summed E-state index contributed by atoms with van der Waals surface area (Å²) >= 11 is 0. The Kier molecular flexibility index (Phi) is 4.22. The maximum absolute atomic E-state index is 5.67. The Morgan fingerprint density at radius 2 is 1.74 bits per heavy atom. The molecule has 0 radical (unpaired) electrons. The lowest BCUT2D eigenvalue weighted by molar-refractivity contribution is -0.0813. The first kappa shape index (κ1) is 13.2. The van der Waals surface area contributed by atoms with Crippen LogP contribution >= 0.6 is 0 Å². The third-order valence-electron chi connectivity index (χ3n) is 2.36. The topological polar surface area (TPSA) is 95.2 Å². The molecule has 19 heavy (non-hydrogen) atoms. The number of nitrogens with zero attached hydrogens (tertiary/aromatic N) is 3. The number of hydrogen-bond acceptors (Lipinski definition) is 7. The van der Waals surface area contributed by atoms with E-state index in [4.69, 9.17) is 15.2 Å². The first-order chi connectivity index (χ1) is 9.22. The summed E-state index contributed by atoms with van der Waals surface area (Å²) in [5.41, 5.74) is 6.52. The molecule has 0 aliphatic heterocycles. The van der Waals surface area contributed by atoms with Crippen LogP contribution in [0.15, 0.2) is 30.3 Å². The second-order valence-electron chi connectivity index (χ2n) is 3.65. The summed E-state index contributed by atoms with van der Waals surface area (Å²) in [6.07, 6.45) is -0.648. The zero-order valence-electron chi connectivity index (χ0n) is 10.7. The van der Waals surface area contributed by atoms with Crippen LogP contribution in [0.25, 0.3) is 11.4 Å². The van der Waals surface area contributed by atoms with Crippen LogP contribution in [-0.2, 0) is 9.47 Å². The molecule has 3 N–H and O–H groups in total. The van der Waals surface area contributed by atoms with Gasteiger partial charge in [0.05, 0.1) is 0 Å². The fourth-order valence-corrected chi connectivity index (χ4v) is 1.49. The molecule has 100 valence electrons. The van der Waals surface area contributed by atoms with Crippen molar-refractivity contribution >= 4 is 11.9 Å². The van der Waals surface area contributed by atoms with E-state index < -0.39 is 6.41 Å². The third kappa shape index (κ3) is 3.36. The number of hydrogen-bond donors (Lipinski definition) is 2. The quantitative estimate of drug-likeness (QED) is 0.778. The van der Waals surface area contributed by atoms with Crippen LogP contribution in [-0.4, -0.2) is 35.6 Å². The number of benzene rings is 1. The highest BCUT2D eigenvalue weighted by Gasteiger charge is 2.10. The van der Waals surface area contributed by atoms with Gasteiger partial charge in [0.2, 0.25) is 18.3 Å². The van der Waals surface area contributed by atoms with E-state index in [1.807, 2.05) is 30.3 Å². The van der Waals surface area contributed by atoms with E-state index in [1.54, 1.807) is 0 Å². The maximum atomic E-state index is 5.67. The molecule has 0 fully saturated rings. The van der Waals surface area contributed by atoms with Crippen LogP contribution in [0.1, 0.15) is 0 Å². The van der Waals surface area contributed by atoms with Gasteiger partial charge in [0.15, 0.2) is 5.82 Å². The average Bonchev–Trinajstić information content (AvgIpc) is 2.45. The lowest BCUT2D eigenvalue weighted by Gasteiger charge is -2.15. The van der Waals surface area contributed by atoms with Crippen molar-refractivity contribution in [2.24, 2.45) is 0 Å². The molecule has 0 atom stereocenters. The lowest BCUT2D eigenvalue weighted by Crippen LogP contribution is -2.25. The van der Waals surface area contributed by atoms with Gasteiger partial charge >= 0.3 is 0 Å². The van der Waals surface area contributed by atoms with Gasteiger partial charge < -0.3 is 20.5 Å². The number of anilines is 2. The van der Waals surface area contributed by atoms with Crippen LogP contribution in [0.3, 0.4) is 0 Å². The molecule has 0 bridgehead atoms. The zero-order valence-corrected chi connectivity index (χ0v) is 10.7. The van der Waals surface area contributed by atoms with Crippen molar-refractivity contribution in [3.05, 3.63) is 30.3 Å². The molecule has 1 heterocycles. The summed E-state index contributed by atoms with van der Waals surface area (Å²) in [7, 11) is 3.01. The standard InChI is InChI=1S/C12H15N5O2/c1-18-12(19-2)17-11-15-9(14-10(13)16-11)8-6-4-3-5-7-8/h3-7,12H,1-2H3,(H3,13,14,15,16,17). The fraction of sp³-hybridized carbons (Fsp3) is 0.250. The molecule has 0 saturated heterocycles. The largest absolute Gasteiger partial charge is 0.368 e. The molecule has 1 aromatic heterocycles. The van der Waals surface area contributed by atoms with E-state index in [9.17, 15) is 0 Å². The Hall–Kier alpha value is -2.25. The van der Waals surface area contributed by atoms with Gasteiger partial charge in [-0.2, -0.15) is 15.0 Å². The van der Waals surface area contributed by atoms with Crippen molar-refractivity contribution in [3.63, 3.8) is 0 Å². The molecule has 0 saturated carbocycles. The van der Waals surface area contributed by atoms with Gasteiger partial charge in [0.1, 0.15) is 0 Å². The van der Waals surface area contributed by atoms with Crippen LogP contribution in [0.5, 0.6) is 0 Å². The summed E-state index contributed by atoms with van der Waals surface area (Å²) in [6, 6.07) is 9.50. The second kappa shape index (κ2) is 6.07. The Morgan fingerprint density at radius 3 is 2.37 bits per heavy atom. The van der Waals surface area contributed by atoms with E-state index in [0.29, 0.717) is 11.8 Å². The van der Waals surface area contributed by atoms with E-state index in [2.05, 4.69) is 20.3 Å². The van der Waals surface area contributed by atoms with Gasteiger partial charge in [0, 0.05) is 19.8 Å². The number of nitrogens with two attached hydrogens (primary N) is 1. The average molecular weight is 261 g/mol. The number of aromatic nitrogens is 3. The molecule has 0 unspecified atom stereocenters. The van der Waals surface area contributed by atoms with Crippen molar-refractivity contribution in [2.75, 3.05) is 25.3 Å². The Labute approximate surface area is 110 Å². The van der Waals surface area contributed by atoms with E-state index in [0.717, 1.165) is 5.56 Å². The molecular formula is C12H15N5O2. The van der Waals surface area contributed by atoms with Gasteiger partial charge in [-0.25, -0.2) is 0 Å². The van der Waals surface area contributed by atoms with E-state index in [1.165, 1.54) is 14.2 Å². The predicted octanol–water partition coefficient (Wildman–Crippen LogP) is 1.11. The number of nitrogens with one attached hydrogen (secondary N) is 1. The van der Waals surface area contributed by atoms with Crippen molar-refractivity contribution in [2.45, 2.75) is 6.41 Å². The summed E-state index contributed by atoms with van der Waals surface area (Å²) in [5, 5.41) is 2.84. The zero-order chi connectivity index (χ0) is 13.7. The monoisotopic (exact) mass is 261 g/mol. The van der Waals surface area contributed by atoms with Crippen LogP contribution < -0.4 is 11.1 Å². The number of methoxy groups -OCH3 is 2. The molecule has 0 amide bonds. The summed E-state index contributed by atoms with van der Waals surface area (Å²) in [4.78, 5) is 12.3. The lowest BCUT2D eigenvalue weighted by atomic mass is 10.2. The molecule has 0 aliphatic carbocycles. The number of nitrogen functional groups attached to an aromatic ring is 1. The number of rotatable bonds is 5. The highest BCUT2D eigenvalue weighted by molar-refractivity contribution is 5.57. The van der Waals surface area contributed by atoms with Crippen molar-refractivity contribution < 1.29 is 9.47 Å². The minimum absolute atomic E-state index is 0.127. The molecule has 7 nitrogen and oxygen atoms in total. The van der Waals surface area contributed by atoms with Crippen molar-refractivity contribution in [1.82, 2.24) is 15.0 Å². The number of ether oxygens (including phenoxy) is 2. The van der Waals surface area contributed by atoms with Crippen LogP contribution in [0, 0.1) is 0 Å². The van der Waals surface area contributed by atoms with Crippen molar-refractivity contribution in [3.8, 4) is 11.4 Å². The highest BCUT2D eigenvalue weighted by atomic mass is 16.7. The smallest absolute Gasteiger partial charge is 0.239 e. The first-order valence-corrected chi connectivity index (χ1v) is 5.62. The minimum atomic E-state index is -0.648. The molecule has 2 rings (SSSR count). The SMILES string of the molecule is COC(Nc1nc(N)nc(-c2ccccc2)n1)OC. The Morgan fingerprint density at radius 1 is 1.05 bits per heavy atom. The second-order valence-corrected chi connectivity index (χ2v) is 3.65. The van der Waals surface area contributed by atoms with Gasteiger partial charge in [-0.3, -0.25) is 0 Å². The molecular weight excluding hydrogens is 246 g/mol. The van der Waals surface area contributed by atoms with Gasteiger partial charge in [0.25, 0.3) is 0 Å². The summed E-state index contributed by atoms with van der Waals surface area (Å²) in [6.45, 7) is 0. The van der Waals surface area contributed by atoms with Crippen LogP contribution in [0.2, 0.25) is 0 Å². The Bertz CT molecular complexity index is 531. The van der Waals surface area contributed by atoms with Crippen LogP contribution in [0.4, 0.5) is 11.9 Å². The third-order valence-corrected chi connectivity index (χ3v) is 2.36. The molecule has 7 heteroatoms. The predicted molar refractivity (Wildman–Crippen MR) is 71.1 cm³/mol. The van der Waals surface area contributed by atoms with Crippen molar-refractivity contribution in [1.29, 1.82) is 0 Å². The minimum Gasteiger partial charge on any atom is -0.368 e. The maximum Gasteiger partial charge on any atom is 0.239 e. The van der Waals surface area contributed by atoms with Gasteiger partial charge in [-0.15, -0.1) is 0 Å². The van der Waals surface area contributed by atoms with E-state index >= 15 is 0 Å². The molecule has 2 aromatic rings. The van der Waals surface area contributed by atoms with Gasteiger partial charge in [-0.05, 0) is 0 Å². The van der Waals surface area contributed by atoms with Gasteiger partial charge in [-0.1, -0.05) is 30.3 Å². The molecule has 0 aliphatic rings. The highest BCUT2D eigenvalue weighted by Crippen LogP contribution is 2.16. The molecule has 1 aromatic carbocycles. The Balaban J connectivity index is 2.30. The first-order valence-electron chi connectivity index (χ1n) is 5.62. The molecule has 0 spiro atoms. The van der Waals surface area contributed by atoms with E-state index in [-0.39, 0.29) is 5.95 Å². The summed E-state index contributed by atoms with van der Waals surface area (Å²) < 4.78 is 10.0. The summed E-state index contributed by atoms with van der Waals surface area (Å²) in [5.74, 6) is 0.906.